The molecular formula is C16H25N3O. The van der Waals surface area contributed by atoms with E-state index in [0.29, 0.717) is 6.42 Å². The third kappa shape index (κ3) is 2.89. The van der Waals surface area contributed by atoms with Crippen LogP contribution in [-0.4, -0.2) is 15.7 Å². The van der Waals surface area contributed by atoms with Crippen molar-refractivity contribution in [1.82, 2.24) is 15.1 Å². The van der Waals surface area contributed by atoms with Crippen LogP contribution in [0.5, 0.6) is 0 Å². The number of aryl methyl sites for hydroxylation is 1. The van der Waals surface area contributed by atoms with Crippen LogP contribution in [0.15, 0.2) is 6.20 Å². The Balaban J connectivity index is 1.54. The number of rotatable bonds is 4. The summed E-state index contributed by atoms with van der Waals surface area (Å²) in [5, 5.41) is 7.55. The van der Waals surface area contributed by atoms with Crippen LogP contribution in [0.4, 0.5) is 0 Å². The summed E-state index contributed by atoms with van der Waals surface area (Å²) in [6.45, 7) is 0. The highest BCUT2D eigenvalue weighted by Gasteiger charge is 2.25. The Bertz CT molecular complexity index is 474. The first kappa shape index (κ1) is 13.7. The largest absolute Gasteiger partial charge is 0.349 e. The summed E-state index contributed by atoms with van der Waals surface area (Å²) in [7, 11) is 1.99. The second kappa shape index (κ2) is 5.98. The number of aromatic nitrogens is 2. The van der Waals surface area contributed by atoms with Gasteiger partial charge in [-0.15, -0.1) is 0 Å². The van der Waals surface area contributed by atoms with Crippen LogP contribution in [0.1, 0.15) is 68.7 Å². The summed E-state index contributed by atoms with van der Waals surface area (Å²) in [5.74, 6) is 1.01. The molecule has 0 saturated heterocycles. The van der Waals surface area contributed by atoms with Gasteiger partial charge in [0.05, 0.1) is 12.2 Å². The van der Waals surface area contributed by atoms with Crippen molar-refractivity contribution in [1.29, 1.82) is 0 Å². The van der Waals surface area contributed by atoms with Crippen molar-refractivity contribution >= 4 is 5.91 Å². The van der Waals surface area contributed by atoms with Crippen LogP contribution < -0.4 is 5.32 Å². The fourth-order valence-electron chi connectivity index (χ4n) is 3.76. The van der Waals surface area contributed by atoms with Crippen LogP contribution in [-0.2, 0) is 18.3 Å². The van der Waals surface area contributed by atoms with E-state index in [-0.39, 0.29) is 11.9 Å². The molecule has 1 N–H and O–H groups in total. The quantitative estimate of drug-likeness (QED) is 0.918. The first-order valence-corrected chi connectivity index (χ1v) is 8.04. The predicted molar refractivity (Wildman–Crippen MR) is 78.2 cm³/mol. The molecule has 0 aliphatic heterocycles. The molecule has 1 amide bonds. The first-order chi connectivity index (χ1) is 9.74. The Hall–Kier alpha value is -1.32. The lowest BCUT2D eigenvalue weighted by molar-refractivity contribution is -0.122. The molecule has 0 spiro atoms. The first-order valence-electron chi connectivity index (χ1n) is 8.04. The van der Waals surface area contributed by atoms with Gasteiger partial charge in [0.1, 0.15) is 0 Å². The molecule has 1 atom stereocenters. The van der Waals surface area contributed by atoms with Gasteiger partial charge in [-0.2, -0.15) is 5.10 Å². The third-order valence-electron chi connectivity index (χ3n) is 4.97. The maximum atomic E-state index is 12.1. The number of hydrogen-bond donors (Lipinski definition) is 1. The van der Waals surface area contributed by atoms with Crippen LogP contribution in [0.25, 0.3) is 0 Å². The molecule has 110 valence electrons. The number of hydrogen-bond acceptors (Lipinski definition) is 2. The molecule has 0 aromatic carbocycles. The van der Waals surface area contributed by atoms with Gasteiger partial charge in [-0.1, -0.05) is 25.7 Å². The summed E-state index contributed by atoms with van der Waals surface area (Å²) < 4.78 is 1.95. The van der Waals surface area contributed by atoms with Crippen molar-refractivity contribution in [2.24, 2.45) is 13.0 Å². The number of nitrogens with one attached hydrogen (secondary N) is 1. The van der Waals surface area contributed by atoms with E-state index in [1.54, 1.807) is 0 Å². The highest BCUT2D eigenvalue weighted by molar-refractivity contribution is 5.76. The zero-order valence-electron chi connectivity index (χ0n) is 12.4. The van der Waals surface area contributed by atoms with Crippen LogP contribution in [0.3, 0.4) is 0 Å². The minimum Gasteiger partial charge on any atom is -0.349 e. The second-order valence-corrected chi connectivity index (χ2v) is 6.37. The fraction of sp³-hybridized carbons (Fsp3) is 0.750. The Morgan fingerprint density at radius 2 is 2.15 bits per heavy atom. The van der Waals surface area contributed by atoms with E-state index in [1.807, 2.05) is 17.9 Å². The fourth-order valence-corrected chi connectivity index (χ4v) is 3.76. The lowest BCUT2D eigenvalue weighted by atomic mass is 9.92. The Kier molecular flexibility index (Phi) is 4.08. The van der Waals surface area contributed by atoms with Gasteiger partial charge in [0, 0.05) is 24.7 Å². The van der Waals surface area contributed by atoms with Gasteiger partial charge in [-0.25, -0.2) is 0 Å². The monoisotopic (exact) mass is 275 g/mol. The van der Waals surface area contributed by atoms with Gasteiger partial charge in [0.25, 0.3) is 0 Å². The van der Waals surface area contributed by atoms with Gasteiger partial charge >= 0.3 is 0 Å². The number of carbonyl (C=O) groups is 1. The Morgan fingerprint density at radius 3 is 2.95 bits per heavy atom. The van der Waals surface area contributed by atoms with Gasteiger partial charge in [-0.3, -0.25) is 9.48 Å². The molecule has 1 saturated carbocycles. The van der Waals surface area contributed by atoms with Gasteiger partial charge in [-0.05, 0) is 31.6 Å². The van der Waals surface area contributed by atoms with E-state index >= 15 is 0 Å². The van der Waals surface area contributed by atoms with Crippen molar-refractivity contribution < 1.29 is 4.79 Å². The maximum absolute atomic E-state index is 12.1. The van der Waals surface area contributed by atoms with Gasteiger partial charge < -0.3 is 5.32 Å². The van der Waals surface area contributed by atoms with Gasteiger partial charge in [0.15, 0.2) is 0 Å². The normalized spacial score (nSPS) is 22.8. The molecule has 1 aromatic heterocycles. The van der Waals surface area contributed by atoms with E-state index in [1.165, 1.54) is 36.9 Å². The predicted octanol–water partition coefficient (Wildman–Crippen LogP) is 2.88. The molecule has 0 radical (unpaired) electrons. The average molecular weight is 275 g/mol. The highest BCUT2D eigenvalue weighted by atomic mass is 16.1. The number of amides is 1. The maximum Gasteiger partial charge on any atom is 0.220 e. The molecule has 2 aliphatic carbocycles. The highest BCUT2D eigenvalue weighted by Crippen LogP contribution is 2.30. The van der Waals surface area contributed by atoms with Crippen molar-refractivity contribution in [2.45, 2.75) is 63.8 Å². The number of fused-ring (bicyclic) bond motifs is 1. The van der Waals surface area contributed by atoms with E-state index in [2.05, 4.69) is 10.4 Å². The lowest BCUT2D eigenvalue weighted by Gasteiger charge is -2.24. The molecular weight excluding hydrogens is 250 g/mol. The topological polar surface area (TPSA) is 46.9 Å². The molecule has 20 heavy (non-hydrogen) atoms. The third-order valence-corrected chi connectivity index (χ3v) is 4.97. The van der Waals surface area contributed by atoms with Crippen LogP contribution in [0.2, 0.25) is 0 Å². The molecule has 1 heterocycles. The standard InChI is InChI=1S/C16H25N3O/c1-19-15-8-4-7-14(13(15)11-17-19)18-16(20)10-9-12-5-2-3-6-12/h11-12,14H,2-10H2,1H3,(H,18,20). The second-order valence-electron chi connectivity index (χ2n) is 6.37. The summed E-state index contributed by atoms with van der Waals surface area (Å²) in [6.07, 6.45) is 12.3. The van der Waals surface area contributed by atoms with Crippen molar-refractivity contribution in [3.05, 3.63) is 17.5 Å². The molecule has 1 unspecified atom stereocenters. The van der Waals surface area contributed by atoms with Crippen LogP contribution in [0, 0.1) is 5.92 Å². The molecule has 0 bridgehead atoms. The number of nitrogens with zero attached hydrogens (tertiary/aromatic N) is 2. The minimum absolute atomic E-state index is 0.184. The molecule has 2 aliphatic rings. The average Bonchev–Trinajstić information content (AvgIpc) is 3.08. The Morgan fingerprint density at radius 1 is 1.35 bits per heavy atom. The van der Waals surface area contributed by atoms with Crippen molar-refractivity contribution in [3.63, 3.8) is 0 Å². The van der Waals surface area contributed by atoms with E-state index in [4.69, 9.17) is 0 Å². The molecule has 4 nitrogen and oxygen atoms in total. The molecule has 4 heteroatoms. The van der Waals surface area contributed by atoms with Crippen molar-refractivity contribution in [2.75, 3.05) is 0 Å². The van der Waals surface area contributed by atoms with E-state index in [9.17, 15) is 4.79 Å². The smallest absolute Gasteiger partial charge is 0.220 e. The summed E-state index contributed by atoms with van der Waals surface area (Å²) in [6, 6.07) is 0.184. The zero-order valence-corrected chi connectivity index (χ0v) is 12.4. The van der Waals surface area contributed by atoms with Crippen LogP contribution >= 0.6 is 0 Å². The summed E-state index contributed by atoms with van der Waals surface area (Å²) in [4.78, 5) is 12.1. The zero-order chi connectivity index (χ0) is 13.9. The van der Waals surface area contributed by atoms with E-state index in [0.717, 1.165) is 31.6 Å². The minimum atomic E-state index is 0.184. The lowest BCUT2D eigenvalue weighted by Crippen LogP contribution is -2.31. The molecule has 1 fully saturated rings. The SMILES string of the molecule is Cn1ncc2c1CCCC2NC(=O)CCC1CCCC1. The number of carbonyl (C=O) groups excluding carboxylic acids is 1. The van der Waals surface area contributed by atoms with Crippen molar-refractivity contribution in [3.8, 4) is 0 Å². The molecule has 1 aromatic rings. The Labute approximate surface area is 120 Å². The van der Waals surface area contributed by atoms with E-state index < -0.39 is 0 Å². The van der Waals surface area contributed by atoms with Gasteiger partial charge in [0.2, 0.25) is 5.91 Å². The summed E-state index contributed by atoms with van der Waals surface area (Å²) in [5.41, 5.74) is 2.52. The summed E-state index contributed by atoms with van der Waals surface area (Å²) >= 11 is 0. The molecule has 3 rings (SSSR count).